The summed E-state index contributed by atoms with van der Waals surface area (Å²) < 4.78 is 0. The number of nitrogens with one attached hydrogen (secondary N) is 1. The summed E-state index contributed by atoms with van der Waals surface area (Å²) in [6.07, 6.45) is 6.77. The van der Waals surface area contributed by atoms with E-state index >= 15 is 0 Å². The molecule has 1 fully saturated rings. The minimum absolute atomic E-state index is 0.322. The van der Waals surface area contributed by atoms with Crippen LogP contribution in [0.3, 0.4) is 0 Å². The Morgan fingerprint density at radius 1 is 1.33 bits per heavy atom. The topological polar surface area (TPSA) is 50.9 Å². The van der Waals surface area contributed by atoms with E-state index in [4.69, 9.17) is 5.73 Å². The van der Waals surface area contributed by atoms with Crippen LogP contribution in [0.5, 0.6) is 0 Å². The second-order valence-electron chi connectivity index (χ2n) is 4.26. The molecule has 1 saturated carbocycles. The zero-order valence-electron chi connectivity index (χ0n) is 9.02. The largest absolute Gasteiger partial charge is 0.326 e. The maximum atomic E-state index is 6.06. The van der Waals surface area contributed by atoms with Crippen molar-refractivity contribution < 1.29 is 0 Å². The first-order valence-corrected chi connectivity index (χ1v) is 5.75. The van der Waals surface area contributed by atoms with Crippen molar-refractivity contribution in [3.8, 4) is 0 Å². The Bertz CT molecular complexity index is 286. The number of hydrogen-bond donors (Lipinski definition) is 2. The van der Waals surface area contributed by atoms with Gasteiger partial charge in [-0.15, -0.1) is 0 Å². The summed E-state index contributed by atoms with van der Waals surface area (Å²) in [4.78, 5) is 4.28. The monoisotopic (exact) mass is 205 g/mol. The molecule has 2 rings (SSSR count). The van der Waals surface area contributed by atoms with E-state index in [0.29, 0.717) is 12.1 Å². The highest BCUT2D eigenvalue weighted by Crippen LogP contribution is 2.17. The van der Waals surface area contributed by atoms with Gasteiger partial charge >= 0.3 is 0 Å². The van der Waals surface area contributed by atoms with Crippen LogP contribution in [0.25, 0.3) is 0 Å². The molecule has 1 aliphatic rings. The summed E-state index contributed by atoms with van der Waals surface area (Å²) in [5.74, 6) is 0. The fraction of sp³-hybridized carbons (Fsp3) is 0.583. The maximum Gasteiger partial charge on any atom is 0.0541 e. The molecule has 3 heteroatoms. The summed E-state index contributed by atoms with van der Waals surface area (Å²) >= 11 is 0. The summed E-state index contributed by atoms with van der Waals surface area (Å²) in [5.41, 5.74) is 7.15. The minimum atomic E-state index is 0.322. The normalized spacial score (nSPS) is 26.5. The average Bonchev–Trinajstić information content (AvgIpc) is 2.29. The van der Waals surface area contributed by atoms with E-state index in [1.54, 1.807) is 0 Å². The Morgan fingerprint density at radius 3 is 2.93 bits per heavy atom. The van der Waals surface area contributed by atoms with Gasteiger partial charge in [0.05, 0.1) is 5.69 Å². The summed E-state index contributed by atoms with van der Waals surface area (Å²) in [5, 5.41) is 3.50. The third-order valence-electron chi connectivity index (χ3n) is 3.09. The van der Waals surface area contributed by atoms with Crippen molar-refractivity contribution in [1.82, 2.24) is 10.3 Å². The standard InChI is InChI=1S/C12H19N3/c13-11-6-1-2-7-12(11)15-9-10-5-3-4-8-14-10/h3-5,8,11-12,15H,1-2,6-7,9,13H2/t11-,12-/m0/s1. The van der Waals surface area contributed by atoms with E-state index in [-0.39, 0.29) is 0 Å². The Kier molecular flexibility index (Phi) is 3.69. The molecule has 0 aromatic carbocycles. The lowest BCUT2D eigenvalue weighted by Gasteiger charge is -2.29. The van der Waals surface area contributed by atoms with Gasteiger partial charge in [0.15, 0.2) is 0 Å². The van der Waals surface area contributed by atoms with Crippen LogP contribution in [0.15, 0.2) is 24.4 Å². The lowest BCUT2D eigenvalue weighted by Crippen LogP contribution is -2.46. The van der Waals surface area contributed by atoms with Gasteiger partial charge in [-0.1, -0.05) is 18.9 Å². The molecule has 2 atom stereocenters. The van der Waals surface area contributed by atoms with Gasteiger partial charge in [0.2, 0.25) is 0 Å². The highest BCUT2D eigenvalue weighted by Gasteiger charge is 2.20. The van der Waals surface area contributed by atoms with Crippen molar-refractivity contribution in [3.05, 3.63) is 30.1 Å². The molecule has 0 unspecified atom stereocenters. The number of hydrogen-bond acceptors (Lipinski definition) is 3. The zero-order chi connectivity index (χ0) is 10.5. The summed E-state index contributed by atoms with van der Waals surface area (Å²) in [6, 6.07) is 6.80. The number of rotatable bonds is 3. The highest BCUT2D eigenvalue weighted by atomic mass is 15.0. The van der Waals surface area contributed by atoms with Crippen LogP contribution in [0.1, 0.15) is 31.4 Å². The number of nitrogens with zero attached hydrogens (tertiary/aromatic N) is 1. The van der Waals surface area contributed by atoms with Crippen LogP contribution in [0.4, 0.5) is 0 Å². The van der Waals surface area contributed by atoms with Gasteiger partial charge in [0.25, 0.3) is 0 Å². The van der Waals surface area contributed by atoms with Crippen LogP contribution in [-0.2, 0) is 6.54 Å². The third kappa shape index (κ3) is 3.01. The van der Waals surface area contributed by atoms with Gasteiger partial charge in [0, 0.05) is 24.8 Å². The predicted molar refractivity (Wildman–Crippen MR) is 61.3 cm³/mol. The first-order valence-electron chi connectivity index (χ1n) is 5.75. The lowest BCUT2D eigenvalue weighted by molar-refractivity contribution is 0.325. The molecule has 1 aliphatic carbocycles. The lowest BCUT2D eigenvalue weighted by atomic mass is 9.91. The molecule has 3 N–H and O–H groups in total. The van der Waals surface area contributed by atoms with Gasteiger partial charge in [-0.2, -0.15) is 0 Å². The molecule has 3 nitrogen and oxygen atoms in total. The first-order chi connectivity index (χ1) is 7.36. The molecular weight excluding hydrogens is 186 g/mol. The van der Waals surface area contributed by atoms with Crippen molar-refractivity contribution in [2.24, 2.45) is 5.73 Å². The maximum absolute atomic E-state index is 6.06. The summed E-state index contributed by atoms with van der Waals surface area (Å²) in [6.45, 7) is 0.833. The van der Waals surface area contributed by atoms with Crippen LogP contribution in [-0.4, -0.2) is 17.1 Å². The van der Waals surface area contributed by atoms with Gasteiger partial charge in [0.1, 0.15) is 0 Å². The fourth-order valence-corrected chi connectivity index (χ4v) is 2.15. The fourth-order valence-electron chi connectivity index (χ4n) is 2.15. The van der Waals surface area contributed by atoms with E-state index in [1.807, 2.05) is 24.4 Å². The second kappa shape index (κ2) is 5.24. The molecule has 1 aromatic heterocycles. The highest BCUT2D eigenvalue weighted by molar-refractivity contribution is 5.03. The molecule has 15 heavy (non-hydrogen) atoms. The number of aromatic nitrogens is 1. The molecule has 1 heterocycles. The van der Waals surface area contributed by atoms with Gasteiger partial charge in [-0.3, -0.25) is 4.98 Å². The Labute approximate surface area is 91.1 Å². The van der Waals surface area contributed by atoms with E-state index in [0.717, 1.165) is 18.7 Å². The first kappa shape index (κ1) is 10.6. The predicted octanol–water partition coefficient (Wildman–Crippen LogP) is 1.44. The molecule has 0 spiro atoms. The van der Waals surface area contributed by atoms with Gasteiger partial charge in [-0.05, 0) is 25.0 Å². The smallest absolute Gasteiger partial charge is 0.0541 e. The van der Waals surface area contributed by atoms with Gasteiger partial charge in [-0.25, -0.2) is 0 Å². The second-order valence-corrected chi connectivity index (χ2v) is 4.26. The minimum Gasteiger partial charge on any atom is -0.326 e. The Morgan fingerprint density at radius 2 is 2.20 bits per heavy atom. The molecule has 0 saturated heterocycles. The SMILES string of the molecule is N[C@H]1CCCC[C@@H]1NCc1ccccn1. The van der Waals surface area contributed by atoms with E-state index in [1.165, 1.54) is 19.3 Å². The van der Waals surface area contributed by atoms with Crippen molar-refractivity contribution in [2.45, 2.75) is 44.3 Å². The number of pyridine rings is 1. The third-order valence-corrected chi connectivity index (χ3v) is 3.09. The molecular formula is C12H19N3. The van der Waals surface area contributed by atoms with Crippen LogP contribution < -0.4 is 11.1 Å². The van der Waals surface area contributed by atoms with Gasteiger partial charge < -0.3 is 11.1 Å². The Hall–Kier alpha value is -0.930. The molecule has 0 bridgehead atoms. The van der Waals surface area contributed by atoms with E-state index in [2.05, 4.69) is 10.3 Å². The quantitative estimate of drug-likeness (QED) is 0.785. The van der Waals surface area contributed by atoms with Crippen molar-refractivity contribution >= 4 is 0 Å². The van der Waals surface area contributed by atoms with Crippen LogP contribution in [0, 0.1) is 0 Å². The van der Waals surface area contributed by atoms with E-state index < -0.39 is 0 Å². The van der Waals surface area contributed by atoms with E-state index in [9.17, 15) is 0 Å². The van der Waals surface area contributed by atoms with Crippen LogP contribution in [0.2, 0.25) is 0 Å². The molecule has 0 radical (unpaired) electrons. The molecule has 1 aromatic rings. The van der Waals surface area contributed by atoms with Crippen molar-refractivity contribution in [2.75, 3.05) is 0 Å². The average molecular weight is 205 g/mol. The Balaban J connectivity index is 1.82. The molecule has 82 valence electrons. The zero-order valence-corrected chi connectivity index (χ0v) is 9.02. The van der Waals surface area contributed by atoms with Crippen LogP contribution >= 0.6 is 0 Å². The molecule has 0 aliphatic heterocycles. The number of nitrogens with two attached hydrogens (primary N) is 1. The van der Waals surface area contributed by atoms with Crippen molar-refractivity contribution in [3.63, 3.8) is 0 Å². The summed E-state index contributed by atoms with van der Waals surface area (Å²) in [7, 11) is 0. The van der Waals surface area contributed by atoms with Crippen molar-refractivity contribution in [1.29, 1.82) is 0 Å². The molecule has 0 amide bonds.